The first-order valence-corrected chi connectivity index (χ1v) is 11.9. The molecule has 0 spiro atoms. The Bertz CT molecular complexity index is 1330. The number of rotatable bonds is 6. The van der Waals surface area contributed by atoms with Crippen LogP contribution in [0.25, 0.3) is 0 Å². The van der Waals surface area contributed by atoms with E-state index in [-0.39, 0.29) is 18.2 Å². The van der Waals surface area contributed by atoms with Crippen LogP contribution in [-0.4, -0.2) is 42.7 Å². The molecule has 0 fully saturated rings. The van der Waals surface area contributed by atoms with E-state index >= 15 is 0 Å². The Morgan fingerprint density at radius 2 is 1.69 bits per heavy atom. The van der Waals surface area contributed by atoms with Crippen molar-refractivity contribution >= 4 is 29.1 Å². The summed E-state index contributed by atoms with van der Waals surface area (Å²) in [4.78, 5) is 45.2. The zero-order valence-electron chi connectivity index (χ0n) is 20.9. The lowest BCUT2D eigenvalue weighted by Gasteiger charge is -2.22. The number of nitrogens with one attached hydrogen (secondary N) is 2. The molecule has 1 aliphatic rings. The number of benzodiazepines with no additional fused rings is 1. The van der Waals surface area contributed by atoms with Gasteiger partial charge in [0, 0.05) is 18.2 Å². The van der Waals surface area contributed by atoms with E-state index in [0.717, 1.165) is 27.8 Å². The Morgan fingerprint density at radius 1 is 1.00 bits per heavy atom. The minimum atomic E-state index is -1.14. The van der Waals surface area contributed by atoms with E-state index < -0.39 is 18.1 Å². The predicted octanol–water partition coefficient (Wildman–Crippen LogP) is 3.31. The smallest absolute Gasteiger partial charge is 0.272 e. The van der Waals surface area contributed by atoms with E-state index in [1.807, 2.05) is 86.6 Å². The van der Waals surface area contributed by atoms with Crippen molar-refractivity contribution in [1.29, 1.82) is 0 Å². The van der Waals surface area contributed by atoms with Crippen LogP contribution in [0.2, 0.25) is 0 Å². The molecular formula is C29H30N4O3. The molecule has 3 aromatic carbocycles. The second-order valence-electron chi connectivity index (χ2n) is 9.07. The van der Waals surface area contributed by atoms with Crippen LogP contribution in [0, 0.1) is 13.8 Å². The Hall–Kier alpha value is -4.26. The summed E-state index contributed by atoms with van der Waals surface area (Å²) in [5, 5.41) is 5.47. The molecule has 0 bridgehead atoms. The number of para-hydroxylation sites is 1. The molecule has 2 atom stereocenters. The number of amides is 3. The summed E-state index contributed by atoms with van der Waals surface area (Å²) in [6, 6.07) is 22.2. The molecule has 1 heterocycles. The maximum atomic E-state index is 13.3. The molecule has 0 aromatic heterocycles. The summed E-state index contributed by atoms with van der Waals surface area (Å²) in [5.74, 6) is -1.12. The number of hydrogen-bond acceptors (Lipinski definition) is 4. The molecule has 0 aliphatic carbocycles. The molecule has 3 amide bonds. The summed E-state index contributed by atoms with van der Waals surface area (Å²) in [7, 11) is 1.67. The summed E-state index contributed by atoms with van der Waals surface area (Å²) in [6.07, 6.45) is -0.967. The number of aryl methyl sites for hydroxylation is 2. The van der Waals surface area contributed by atoms with Crippen LogP contribution in [0.4, 0.5) is 5.69 Å². The number of carbonyl (C=O) groups is 3. The predicted molar refractivity (Wildman–Crippen MR) is 141 cm³/mol. The Balaban J connectivity index is 1.54. The van der Waals surface area contributed by atoms with Crippen LogP contribution in [0.1, 0.15) is 34.7 Å². The van der Waals surface area contributed by atoms with Crippen molar-refractivity contribution in [2.24, 2.45) is 4.99 Å². The highest BCUT2D eigenvalue weighted by atomic mass is 16.2. The molecule has 0 saturated heterocycles. The van der Waals surface area contributed by atoms with Gasteiger partial charge in [0.25, 0.3) is 5.91 Å². The van der Waals surface area contributed by atoms with Crippen LogP contribution in [0.5, 0.6) is 0 Å². The molecule has 1 unspecified atom stereocenters. The van der Waals surface area contributed by atoms with Crippen LogP contribution < -0.4 is 15.5 Å². The van der Waals surface area contributed by atoms with E-state index in [9.17, 15) is 14.4 Å². The van der Waals surface area contributed by atoms with Crippen LogP contribution in [0.15, 0.2) is 77.8 Å². The summed E-state index contributed by atoms with van der Waals surface area (Å²) in [6.45, 7) is 5.52. The molecule has 184 valence electrons. The van der Waals surface area contributed by atoms with Gasteiger partial charge in [0.2, 0.25) is 18.0 Å². The van der Waals surface area contributed by atoms with E-state index in [1.54, 1.807) is 14.0 Å². The lowest BCUT2D eigenvalue weighted by molar-refractivity contribution is -0.130. The first kappa shape index (κ1) is 24.9. The normalized spacial score (nSPS) is 15.9. The Labute approximate surface area is 211 Å². The van der Waals surface area contributed by atoms with Gasteiger partial charge >= 0.3 is 0 Å². The molecule has 4 rings (SSSR count). The van der Waals surface area contributed by atoms with Gasteiger partial charge in [-0.15, -0.1) is 0 Å². The fourth-order valence-corrected chi connectivity index (χ4v) is 4.22. The summed E-state index contributed by atoms with van der Waals surface area (Å²) >= 11 is 0. The number of carbonyl (C=O) groups excluding carboxylic acids is 3. The van der Waals surface area contributed by atoms with Crippen LogP contribution >= 0.6 is 0 Å². The van der Waals surface area contributed by atoms with E-state index in [1.165, 1.54) is 4.90 Å². The lowest BCUT2D eigenvalue weighted by Crippen LogP contribution is -2.52. The highest BCUT2D eigenvalue weighted by Crippen LogP contribution is 2.27. The van der Waals surface area contributed by atoms with Crippen LogP contribution in [0.3, 0.4) is 0 Å². The number of aliphatic imine (C=N–C) groups is 1. The van der Waals surface area contributed by atoms with Crippen molar-refractivity contribution in [3.8, 4) is 0 Å². The number of hydrogen-bond donors (Lipinski definition) is 2. The minimum Gasteiger partial charge on any atom is -0.344 e. The summed E-state index contributed by atoms with van der Waals surface area (Å²) in [5.41, 5.74) is 5.95. The van der Waals surface area contributed by atoms with Crippen molar-refractivity contribution in [2.75, 3.05) is 11.9 Å². The van der Waals surface area contributed by atoms with Crippen molar-refractivity contribution in [1.82, 2.24) is 10.6 Å². The average Bonchev–Trinajstić information content (AvgIpc) is 2.97. The standard InChI is InChI=1S/C29H30N4O3/c1-18-14-15-19(2)22(16-18)17-25(34)30-20(3)28(35)32-27-29(36)33(4)24-13-9-8-12-23(24)26(31-27)21-10-6-5-7-11-21/h5-16,20,27H,17H2,1-4H3,(H,30,34)(H,32,35)/t20?,27-/m1/s1. The Morgan fingerprint density at radius 3 is 2.44 bits per heavy atom. The minimum absolute atomic E-state index is 0.168. The SMILES string of the molecule is Cc1ccc(C)c(CC(=O)NC(C)C(=O)N[C@H]2N=C(c3ccccc3)c3ccccc3N(C)C2=O)c1. The van der Waals surface area contributed by atoms with Gasteiger partial charge in [0.15, 0.2) is 0 Å². The van der Waals surface area contributed by atoms with Gasteiger partial charge in [-0.25, -0.2) is 4.99 Å². The molecule has 0 saturated carbocycles. The number of benzene rings is 3. The van der Waals surface area contributed by atoms with Gasteiger partial charge in [-0.05, 0) is 38.0 Å². The van der Waals surface area contributed by atoms with Gasteiger partial charge < -0.3 is 15.5 Å². The molecule has 7 nitrogen and oxygen atoms in total. The topological polar surface area (TPSA) is 90.9 Å². The average molecular weight is 483 g/mol. The number of fused-ring (bicyclic) bond motifs is 1. The van der Waals surface area contributed by atoms with Crippen molar-refractivity contribution in [2.45, 2.75) is 39.4 Å². The zero-order chi connectivity index (χ0) is 25.8. The lowest BCUT2D eigenvalue weighted by atomic mass is 10.0. The van der Waals surface area contributed by atoms with Crippen molar-refractivity contribution < 1.29 is 14.4 Å². The van der Waals surface area contributed by atoms with Gasteiger partial charge in [-0.2, -0.15) is 0 Å². The molecule has 1 aliphatic heterocycles. The molecule has 36 heavy (non-hydrogen) atoms. The third kappa shape index (κ3) is 5.35. The third-order valence-electron chi connectivity index (χ3n) is 6.30. The maximum Gasteiger partial charge on any atom is 0.272 e. The van der Waals surface area contributed by atoms with Gasteiger partial charge in [-0.1, -0.05) is 72.3 Å². The maximum absolute atomic E-state index is 13.3. The van der Waals surface area contributed by atoms with Crippen molar-refractivity contribution in [3.63, 3.8) is 0 Å². The third-order valence-corrected chi connectivity index (χ3v) is 6.30. The second kappa shape index (κ2) is 10.6. The molecule has 2 N–H and O–H groups in total. The molecule has 0 radical (unpaired) electrons. The van der Waals surface area contributed by atoms with Gasteiger partial charge in [0.05, 0.1) is 17.8 Å². The number of anilines is 1. The van der Waals surface area contributed by atoms with Crippen LogP contribution in [-0.2, 0) is 20.8 Å². The van der Waals surface area contributed by atoms with Gasteiger partial charge in [0.1, 0.15) is 6.04 Å². The fourth-order valence-electron chi connectivity index (χ4n) is 4.22. The zero-order valence-corrected chi connectivity index (χ0v) is 20.9. The summed E-state index contributed by atoms with van der Waals surface area (Å²) < 4.78 is 0. The Kier molecular flexibility index (Phi) is 7.29. The number of nitrogens with zero attached hydrogens (tertiary/aromatic N) is 2. The van der Waals surface area contributed by atoms with E-state index in [4.69, 9.17) is 0 Å². The fraction of sp³-hybridized carbons (Fsp3) is 0.241. The molecule has 3 aromatic rings. The highest BCUT2D eigenvalue weighted by molar-refractivity contribution is 6.20. The van der Waals surface area contributed by atoms with E-state index in [0.29, 0.717) is 11.4 Å². The van der Waals surface area contributed by atoms with Gasteiger partial charge in [-0.3, -0.25) is 14.4 Å². The molecular weight excluding hydrogens is 452 g/mol. The second-order valence-corrected chi connectivity index (χ2v) is 9.07. The molecule has 7 heteroatoms. The van der Waals surface area contributed by atoms with E-state index in [2.05, 4.69) is 15.6 Å². The quantitative estimate of drug-likeness (QED) is 0.565. The first-order chi connectivity index (χ1) is 17.2. The monoisotopic (exact) mass is 482 g/mol. The first-order valence-electron chi connectivity index (χ1n) is 11.9. The highest BCUT2D eigenvalue weighted by Gasteiger charge is 2.32. The largest absolute Gasteiger partial charge is 0.344 e. The van der Waals surface area contributed by atoms with Crippen molar-refractivity contribution in [3.05, 3.63) is 101 Å². The number of likely N-dealkylation sites (N-methyl/N-ethyl adjacent to an activating group) is 1.